The second-order valence-corrected chi connectivity index (χ2v) is 7.67. The van der Waals surface area contributed by atoms with Crippen LogP contribution in [0.5, 0.6) is 0 Å². The summed E-state index contributed by atoms with van der Waals surface area (Å²) in [5.41, 5.74) is 2.16. The lowest BCUT2D eigenvalue weighted by molar-refractivity contribution is -0.144. The summed E-state index contributed by atoms with van der Waals surface area (Å²) < 4.78 is 7.18. The van der Waals surface area contributed by atoms with Gasteiger partial charge in [-0.3, -0.25) is 9.36 Å². The molecule has 0 atom stereocenters. The summed E-state index contributed by atoms with van der Waals surface area (Å²) in [4.78, 5) is 12.9. The van der Waals surface area contributed by atoms with Gasteiger partial charge in [-0.1, -0.05) is 35.5 Å². The normalized spacial score (nSPS) is 11.0. The average Bonchev–Trinajstić information content (AvgIpc) is 3.22. The Morgan fingerprint density at radius 3 is 2.64 bits per heavy atom. The van der Waals surface area contributed by atoms with Crippen LogP contribution in [0.3, 0.4) is 0 Å². The van der Waals surface area contributed by atoms with Crippen LogP contribution in [0, 0.1) is 6.92 Å². The van der Waals surface area contributed by atoms with Crippen LogP contribution < -0.4 is 0 Å². The summed E-state index contributed by atoms with van der Waals surface area (Å²) in [5.74, 6) is 0.724. The molecule has 130 valence electrons. The number of hydrogen-bond donors (Lipinski definition) is 0. The van der Waals surface area contributed by atoms with Gasteiger partial charge in [-0.05, 0) is 44.4 Å². The summed E-state index contributed by atoms with van der Waals surface area (Å²) in [6.07, 6.45) is -0.121. The van der Waals surface area contributed by atoms with Gasteiger partial charge in [0, 0.05) is 5.69 Å². The topological polar surface area (TPSA) is 57.0 Å². The minimum atomic E-state index is -0.254. The van der Waals surface area contributed by atoms with Crippen LogP contribution in [0.1, 0.15) is 19.4 Å². The molecule has 1 aromatic carbocycles. The van der Waals surface area contributed by atoms with Crippen molar-refractivity contribution in [2.75, 3.05) is 5.75 Å². The van der Waals surface area contributed by atoms with Crippen LogP contribution >= 0.6 is 23.1 Å². The lowest BCUT2D eigenvalue weighted by atomic mass is 10.2. The van der Waals surface area contributed by atoms with E-state index in [1.807, 2.05) is 55.0 Å². The molecular formula is C18H19N3O2S2. The maximum atomic E-state index is 11.9. The molecule has 2 aromatic heterocycles. The Morgan fingerprint density at radius 1 is 1.24 bits per heavy atom. The molecule has 2 heterocycles. The highest BCUT2D eigenvalue weighted by atomic mass is 32.2. The van der Waals surface area contributed by atoms with Crippen molar-refractivity contribution in [1.29, 1.82) is 0 Å². The van der Waals surface area contributed by atoms with Gasteiger partial charge in [-0.15, -0.1) is 21.5 Å². The van der Waals surface area contributed by atoms with Crippen molar-refractivity contribution in [1.82, 2.24) is 14.8 Å². The molecule has 0 saturated heterocycles. The molecule has 3 aromatic rings. The number of aryl methyl sites for hydroxylation is 1. The van der Waals surface area contributed by atoms with Crippen molar-refractivity contribution < 1.29 is 9.53 Å². The average molecular weight is 374 g/mol. The van der Waals surface area contributed by atoms with Gasteiger partial charge in [0.1, 0.15) is 0 Å². The number of ether oxygens (including phenoxy) is 1. The predicted molar refractivity (Wildman–Crippen MR) is 101 cm³/mol. The van der Waals surface area contributed by atoms with E-state index >= 15 is 0 Å². The molecule has 3 rings (SSSR count). The fraction of sp³-hybridized carbons (Fsp3) is 0.278. The Morgan fingerprint density at radius 2 is 2.00 bits per heavy atom. The second-order valence-electron chi connectivity index (χ2n) is 5.78. The molecule has 0 aliphatic carbocycles. The van der Waals surface area contributed by atoms with Crippen LogP contribution in [0.25, 0.3) is 16.4 Å². The SMILES string of the molecule is Cc1ccc(-n2c(SCC(=O)OC(C)C)nnc2-c2cccs2)cc1. The van der Waals surface area contributed by atoms with Crippen molar-refractivity contribution in [2.45, 2.75) is 32.0 Å². The fourth-order valence-corrected chi connectivity index (χ4v) is 3.71. The van der Waals surface area contributed by atoms with Crippen molar-refractivity contribution in [2.24, 2.45) is 0 Å². The fourth-order valence-electron chi connectivity index (χ4n) is 2.28. The molecule has 0 N–H and O–H groups in total. The van der Waals surface area contributed by atoms with Crippen LogP contribution in [0.2, 0.25) is 0 Å². The van der Waals surface area contributed by atoms with E-state index in [-0.39, 0.29) is 17.8 Å². The lowest BCUT2D eigenvalue weighted by Crippen LogP contribution is -2.13. The summed E-state index contributed by atoms with van der Waals surface area (Å²) in [6, 6.07) is 12.2. The highest BCUT2D eigenvalue weighted by Crippen LogP contribution is 2.30. The molecule has 0 aliphatic heterocycles. The summed E-state index contributed by atoms with van der Waals surface area (Å²) in [7, 11) is 0. The number of aromatic nitrogens is 3. The van der Waals surface area contributed by atoms with Crippen molar-refractivity contribution in [3.05, 3.63) is 47.3 Å². The monoisotopic (exact) mass is 373 g/mol. The molecule has 5 nitrogen and oxygen atoms in total. The Balaban J connectivity index is 1.93. The van der Waals surface area contributed by atoms with Crippen molar-refractivity contribution >= 4 is 29.1 Å². The third-order valence-corrected chi connectivity index (χ3v) is 5.12. The quantitative estimate of drug-likeness (QED) is 0.475. The van der Waals surface area contributed by atoms with E-state index in [1.165, 1.54) is 17.3 Å². The van der Waals surface area contributed by atoms with Crippen LogP contribution in [-0.2, 0) is 9.53 Å². The van der Waals surface area contributed by atoms with Gasteiger partial charge < -0.3 is 4.74 Å². The molecule has 0 fully saturated rings. The molecular weight excluding hydrogens is 354 g/mol. The lowest BCUT2D eigenvalue weighted by Gasteiger charge is -2.10. The minimum absolute atomic E-state index is 0.121. The standard InChI is InChI=1S/C18H19N3O2S2/c1-12(2)23-16(22)11-25-18-20-19-17(15-5-4-10-24-15)21(18)14-8-6-13(3)7-9-14/h4-10,12H,11H2,1-3H3. The van der Waals surface area contributed by atoms with E-state index in [9.17, 15) is 4.79 Å². The maximum Gasteiger partial charge on any atom is 0.316 e. The number of hydrogen-bond acceptors (Lipinski definition) is 6. The Labute approximate surface area is 155 Å². The van der Waals surface area contributed by atoms with Gasteiger partial charge in [0.25, 0.3) is 0 Å². The van der Waals surface area contributed by atoms with Crippen molar-refractivity contribution in [3.63, 3.8) is 0 Å². The molecule has 0 radical (unpaired) electrons. The predicted octanol–water partition coefficient (Wildman–Crippen LogP) is 4.35. The number of esters is 1. The van der Waals surface area contributed by atoms with E-state index in [2.05, 4.69) is 22.3 Å². The largest absolute Gasteiger partial charge is 0.462 e. The smallest absolute Gasteiger partial charge is 0.316 e. The van der Waals surface area contributed by atoms with E-state index in [4.69, 9.17) is 4.74 Å². The maximum absolute atomic E-state index is 11.9. The van der Waals surface area contributed by atoms with Gasteiger partial charge >= 0.3 is 5.97 Å². The van der Waals surface area contributed by atoms with Gasteiger partial charge in [-0.25, -0.2) is 0 Å². The first-order valence-corrected chi connectivity index (χ1v) is 9.79. The van der Waals surface area contributed by atoms with Gasteiger partial charge in [0.15, 0.2) is 11.0 Å². The number of benzene rings is 1. The molecule has 0 unspecified atom stereocenters. The summed E-state index contributed by atoms with van der Waals surface area (Å²) in [6.45, 7) is 5.73. The van der Waals surface area contributed by atoms with Crippen LogP contribution in [0.15, 0.2) is 46.9 Å². The zero-order valence-corrected chi connectivity index (χ0v) is 15.9. The number of rotatable bonds is 6. The molecule has 25 heavy (non-hydrogen) atoms. The Hall–Kier alpha value is -2.12. The van der Waals surface area contributed by atoms with Gasteiger partial charge in [-0.2, -0.15) is 0 Å². The first-order valence-electron chi connectivity index (χ1n) is 7.93. The third-order valence-electron chi connectivity index (χ3n) is 3.35. The second kappa shape index (κ2) is 7.84. The first-order chi connectivity index (χ1) is 12.0. The molecule has 0 spiro atoms. The van der Waals surface area contributed by atoms with E-state index in [0.29, 0.717) is 5.16 Å². The Bertz CT molecular complexity index is 840. The number of nitrogens with zero attached hydrogens (tertiary/aromatic N) is 3. The highest BCUT2D eigenvalue weighted by molar-refractivity contribution is 7.99. The summed E-state index contributed by atoms with van der Waals surface area (Å²) >= 11 is 2.94. The molecule has 0 aliphatic rings. The van der Waals surface area contributed by atoms with Crippen molar-refractivity contribution in [3.8, 4) is 16.4 Å². The zero-order chi connectivity index (χ0) is 17.8. The third kappa shape index (κ3) is 4.29. The molecule has 0 amide bonds. The summed E-state index contributed by atoms with van der Waals surface area (Å²) in [5, 5.41) is 11.3. The number of thioether (sulfide) groups is 1. The van der Waals surface area contributed by atoms with Crippen LogP contribution in [0.4, 0.5) is 0 Å². The zero-order valence-electron chi connectivity index (χ0n) is 14.3. The number of carbonyl (C=O) groups excluding carboxylic acids is 1. The highest BCUT2D eigenvalue weighted by Gasteiger charge is 2.18. The van der Waals surface area contributed by atoms with Gasteiger partial charge in [0.2, 0.25) is 0 Å². The number of thiophene rings is 1. The van der Waals surface area contributed by atoms with Crippen LogP contribution in [-0.4, -0.2) is 32.6 Å². The van der Waals surface area contributed by atoms with Gasteiger partial charge in [0.05, 0.1) is 16.7 Å². The van der Waals surface area contributed by atoms with E-state index < -0.39 is 0 Å². The molecule has 7 heteroatoms. The molecule has 0 bridgehead atoms. The minimum Gasteiger partial charge on any atom is -0.462 e. The Kier molecular flexibility index (Phi) is 5.55. The van der Waals surface area contributed by atoms with E-state index in [0.717, 1.165) is 16.4 Å². The molecule has 0 saturated carbocycles. The number of carbonyl (C=O) groups is 1. The van der Waals surface area contributed by atoms with E-state index in [1.54, 1.807) is 11.3 Å². The first kappa shape index (κ1) is 17.7.